The Labute approximate surface area is 171 Å². The molecule has 0 saturated carbocycles. The topological polar surface area (TPSA) is 56.6 Å². The van der Waals surface area contributed by atoms with Crippen molar-refractivity contribution < 1.29 is 14.3 Å². The molecule has 0 bridgehead atoms. The molecule has 0 N–H and O–H groups in total. The van der Waals surface area contributed by atoms with Gasteiger partial charge in [0.1, 0.15) is 0 Å². The molecule has 152 valence electrons. The fourth-order valence-electron chi connectivity index (χ4n) is 5.28. The number of hydrogen-bond acceptors (Lipinski definition) is 4. The summed E-state index contributed by atoms with van der Waals surface area (Å²) in [6.07, 6.45) is 11.6. The molecule has 5 rings (SSSR count). The van der Waals surface area contributed by atoms with Gasteiger partial charge in [-0.05, 0) is 49.9 Å². The SMILES string of the molecule is O=C(c1ccc(-n2ccnc2)cc1)N1CCC[C@@]2(C3=CCOCC3)COCC[C@H]12. The number of aromatic nitrogens is 2. The van der Waals surface area contributed by atoms with Gasteiger partial charge in [-0.2, -0.15) is 0 Å². The highest BCUT2D eigenvalue weighted by atomic mass is 16.5. The Morgan fingerprint density at radius 2 is 2.07 bits per heavy atom. The molecule has 1 aromatic carbocycles. The van der Waals surface area contributed by atoms with Crippen molar-refractivity contribution in [2.45, 2.75) is 31.7 Å². The fourth-order valence-corrected chi connectivity index (χ4v) is 5.28. The number of amides is 1. The number of rotatable bonds is 3. The summed E-state index contributed by atoms with van der Waals surface area (Å²) in [7, 11) is 0. The second-order valence-electron chi connectivity index (χ2n) is 8.19. The molecule has 6 nitrogen and oxygen atoms in total. The molecular weight excluding hydrogens is 366 g/mol. The van der Waals surface area contributed by atoms with Gasteiger partial charge in [-0.1, -0.05) is 11.6 Å². The Morgan fingerprint density at radius 3 is 2.83 bits per heavy atom. The molecule has 1 amide bonds. The van der Waals surface area contributed by atoms with Crippen LogP contribution in [0.2, 0.25) is 0 Å². The van der Waals surface area contributed by atoms with Gasteiger partial charge >= 0.3 is 0 Å². The Balaban J connectivity index is 1.42. The number of carbonyl (C=O) groups excluding carboxylic acids is 1. The van der Waals surface area contributed by atoms with Gasteiger partial charge in [0.15, 0.2) is 0 Å². The average molecular weight is 393 g/mol. The van der Waals surface area contributed by atoms with E-state index in [0.29, 0.717) is 13.2 Å². The maximum atomic E-state index is 13.5. The molecule has 0 spiro atoms. The number of piperidine rings is 1. The lowest BCUT2D eigenvalue weighted by Gasteiger charge is -2.54. The van der Waals surface area contributed by atoms with Crippen LogP contribution in [0, 0.1) is 5.41 Å². The minimum atomic E-state index is -0.0489. The third kappa shape index (κ3) is 3.30. The van der Waals surface area contributed by atoms with Crippen LogP contribution in [0.15, 0.2) is 54.6 Å². The molecule has 3 aliphatic heterocycles. The minimum absolute atomic E-state index is 0.0489. The van der Waals surface area contributed by atoms with Crippen molar-refractivity contribution in [3.63, 3.8) is 0 Å². The Hall–Kier alpha value is -2.44. The lowest BCUT2D eigenvalue weighted by molar-refractivity contribution is -0.0739. The Kier molecular flexibility index (Phi) is 4.97. The van der Waals surface area contributed by atoms with Crippen molar-refractivity contribution >= 4 is 5.91 Å². The zero-order valence-electron chi connectivity index (χ0n) is 16.6. The van der Waals surface area contributed by atoms with Crippen molar-refractivity contribution in [3.8, 4) is 5.69 Å². The predicted molar refractivity (Wildman–Crippen MR) is 109 cm³/mol. The van der Waals surface area contributed by atoms with E-state index >= 15 is 0 Å². The van der Waals surface area contributed by atoms with Crippen molar-refractivity contribution in [1.29, 1.82) is 0 Å². The van der Waals surface area contributed by atoms with Gasteiger partial charge < -0.3 is 18.9 Å². The first kappa shape index (κ1) is 18.6. The summed E-state index contributed by atoms with van der Waals surface area (Å²) < 4.78 is 13.4. The molecule has 2 atom stereocenters. The molecule has 3 aliphatic rings. The number of likely N-dealkylation sites (tertiary alicyclic amines) is 1. The van der Waals surface area contributed by atoms with Crippen molar-refractivity contribution in [3.05, 3.63) is 60.2 Å². The van der Waals surface area contributed by atoms with Crippen LogP contribution in [0.3, 0.4) is 0 Å². The summed E-state index contributed by atoms with van der Waals surface area (Å²) in [5.74, 6) is 0.130. The number of fused-ring (bicyclic) bond motifs is 1. The summed E-state index contributed by atoms with van der Waals surface area (Å²) >= 11 is 0. The molecule has 6 heteroatoms. The molecule has 29 heavy (non-hydrogen) atoms. The second-order valence-corrected chi connectivity index (χ2v) is 8.19. The van der Waals surface area contributed by atoms with Crippen LogP contribution < -0.4 is 0 Å². The lowest BCUT2D eigenvalue weighted by atomic mass is 9.65. The summed E-state index contributed by atoms with van der Waals surface area (Å²) in [6, 6.07) is 8.03. The maximum Gasteiger partial charge on any atom is 0.254 e. The van der Waals surface area contributed by atoms with Crippen LogP contribution in [-0.4, -0.2) is 59.4 Å². The number of nitrogens with zero attached hydrogens (tertiary/aromatic N) is 3. The summed E-state index contributed by atoms with van der Waals surface area (Å²) in [4.78, 5) is 19.7. The lowest BCUT2D eigenvalue weighted by Crippen LogP contribution is -2.59. The van der Waals surface area contributed by atoms with E-state index in [-0.39, 0.29) is 17.4 Å². The highest BCUT2D eigenvalue weighted by Crippen LogP contribution is 2.48. The molecule has 0 aliphatic carbocycles. The minimum Gasteiger partial charge on any atom is -0.380 e. The van der Waals surface area contributed by atoms with Crippen LogP contribution in [0.4, 0.5) is 0 Å². The summed E-state index contributed by atoms with van der Waals surface area (Å²) in [5.41, 5.74) is 3.14. The van der Waals surface area contributed by atoms with E-state index in [0.717, 1.165) is 56.7 Å². The highest BCUT2D eigenvalue weighted by molar-refractivity contribution is 5.94. The number of ether oxygens (including phenoxy) is 2. The van der Waals surface area contributed by atoms with Gasteiger partial charge in [-0.3, -0.25) is 4.79 Å². The number of benzene rings is 1. The third-order valence-corrected chi connectivity index (χ3v) is 6.71. The number of imidazole rings is 1. The highest BCUT2D eigenvalue weighted by Gasteiger charge is 2.50. The van der Waals surface area contributed by atoms with E-state index in [9.17, 15) is 4.79 Å². The molecule has 0 radical (unpaired) electrons. The molecular formula is C23H27N3O3. The molecule has 4 heterocycles. The van der Waals surface area contributed by atoms with Crippen LogP contribution in [0.5, 0.6) is 0 Å². The van der Waals surface area contributed by atoms with E-state index in [4.69, 9.17) is 9.47 Å². The van der Waals surface area contributed by atoms with Crippen LogP contribution in [-0.2, 0) is 9.47 Å². The van der Waals surface area contributed by atoms with Gasteiger partial charge in [0.25, 0.3) is 5.91 Å². The maximum absolute atomic E-state index is 13.5. The largest absolute Gasteiger partial charge is 0.380 e. The van der Waals surface area contributed by atoms with E-state index < -0.39 is 0 Å². The van der Waals surface area contributed by atoms with Gasteiger partial charge in [0, 0.05) is 48.3 Å². The van der Waals surface area contributed by atoms with Gasteiger partial charge in [-0.15, -0.1) is 0 Å². The third-order valence-electron chi connectivity index (χ3n) is 6.71. The quantitative estimate of drug-likeness (QED) is 0.752. The molecule has 0 unspecified atom stereocenters. The van der Waals surface area contributed by atoms with E-state index in [2.05, 4.69) is 16.0 Å². The standard InChI is InChI=1S/C23H27N3O3/c27-22(18-2-4-20(5-3-18)25-12-10-24-17-25)26-11-1-9-23(16-29-15-8-21(23)26)19-6-13-28-14-7-19/h2-6,10,12,17,21H,1,7-9,11,13-16H2/t21-,23-/m0/s1. The summed E-state index contributed by atoms with van der Waals surface area (Å²) in [5, 5.41) is 0. The number of carbonyl (C=O) groups is 1. The average Bonchev–Trinajstić information content (AvgIpc) is 3.34. The fraction of sp³-hybridized carbons (Fsp3) is 0.478. The monoisotopic (exact) mass is 393 g/mol. The van der Waals surface area contributed by atoms with Crippen LogP contribution >= 0.6 is 0 Å². The van der Waals surface area contributed by atoms with Gasteiger partial charge in [-0.25, -0.2) is 4.98 Å². The Morgan fingerprint density at radius 1 is 1.17 bits per heavy atom. The van der Waals surface area contributed by atoms with E-state index in [1.54, 1.807) is 12.5 Å². The zero-order chi connectivity index (χ0) is 19.7. The van der Waals surface area contributed by atoms with E-state index in [1.165, 1.54) is 5.57 Å². The normalized spacial score (nSPS) is 27.2. The zero-order valence-corrected chi connectivity index (χ0v) is 16.6. The van der Waals surface area contributed by atoms with E-state index in [1.807, 2.05) is 35.0 Å². The molecule has 2 saturated heterocycles. The molecule has 2 fully saturated rings. The predicted octanol–water partition coefficient (Wildman–Crippen LogP) is 3.23. The van der Waals surface area contributed by atoms with Crippen LogP contribution in [0.25, 0.3) is 5.69 Å². The first-order valence-corrected chi connectivity index (χ1v) is 10.5. The van der Waals surface area contributed by atoms with Gasteiger partial charge in [0.05, 0.1) is 26.1 Å². The van der Waals surface area contributed by atoms with Crippen molar-refractivity contribution in [1.82, 2.24) is 14.5 Å². The second kappa shape index (κ2) is 7.76. The van der Waals surface area contributed by atoms with Crippen molar-refractivity contribution in [2.75, 3.05) is 33.0 Å². The molecule has 2 aromatic rings. The van der Waals surface area contributed by atoms with Crippen molar-refractivity contribution in [2.24, 2.45) is 5.41 Å². The number of hydrogen-bond donors (Lipinski definition) is 0. The smallest absolute Gasteiger partial charge is 0.254 e. The summed E-state index contributed by atoms with van der Waals surface area (Å²) in [6.45, 7) is 3.70. The van der Waals surface area contributed by atoms with Crippen LogP contribution in [0.1, 0.15) is 36.0 Å². The first-order chi connectivity index (χ1) is 14.3. The molecule has 1 aromatic heterocycles. The van der Waals surface area contributed by atoms with Gasteiger partial charge in [0.2, 0.25) is 0 Å². The first-order valence-electron chi connectivity index (χ1n) is 10.5. The Bertz CT molecular complexity index is 887.